The first-order valence-corrected chi connectivity index (χ1v) is 10.2. The minimum absolute atomic E-state index is 0.0395. The van der Waals surface area contributed by atoms with Gasteiger partial charge in [0.2, 0.25) is 0 Å². The quantitative estimate of drug-likeness (QED) is 0.526. The van der Waals surface area contributed by atoms with Crippen molar-refractivity contribution >= 4 is 28.8 Å². The summed E-state index contributed by atoms with van der Waals surface area (Å²) in [5, 5.41) is 3.00. The van der Waals surface area contributed by atoms with Crippen LogP contribution in [0, 0.1) is 11.6 Å². The van der Waals surface area contributed by atoms with Crippen molar-refractivity contribution in [3.8, 4) is 11.5 Å². The van der Waals surface area contributed by atoms with Crippen LogP contribution in [-0.4, -0.2) is 25.5 Å². The van der Waals surface area contributed by atoms with Gasteiger partial charge in [-0.2, -0.15) is 0 Å². The zero-order valence-electron chi connectivity index (χ0n) is 17.9. The number of imide groups is 1. The number of carbonyl (C=O) groups excluding carboxylic acids is 2. The third-order valence-electron chi connectivity index (χ3n) is 5.06. The highest BCUT2D eigenvalue weighted by Crippen LogP contribution is 2.37. The molecule has 0 saturated heterocycles. The van der Waals surface area contributed by atoms with Crippen LogP contribution >= 0.6 is 0 Å². The summed E-state index contributed by atoms with van der Waals surface area (Å²) in [5.41, 5.74) is 0.532. The van der Waals surface area contributed by atoms with Gasteiger partial charge in [-0.3, -0.25) is 9.59 Å². The lowest BCUT2D eigenvalue weighted by molar-refractivity contribution is -0.120. The highest BCUT2D eigenvalue weighted by atomic mass is 19.1. The third kappa shape index (κ3) is 4.15. The van der Waals surface area contributed by atoms with Crippen LogP contribution in [0.25, 0.3) is 5.57 Å². The molecule has 3 aromatic rings. The summed E-state index contributed by atoms with van der Waals surface area (Å²) >= 11 is 0. The minimum Gasteiger partial charge on any atom is -0.497 e. The number of nitrogens with zero attached hydrogens (tertiary/aromatic N) is 1. The lowest BCUT2D eigenvalue weighted by Gasteiger charge is -2.16. The van der Waals surface area contributed by atoms with E-state index in [0.717, 1.165) is 12.1 Å². The van der Waals surface area contributed by atoms with Gasteiger partial charge in [0.05, 0.1) is 30.7 Å². The number of nitrogens with one attached hydrogen (secondary N) is 1. The summed E-state index contributed by atoms with van der Waals surface area (Å²) in [4.78, 5) is 27.5. The second kappa shape index (κ2) is 9.12. The summed E-state index contributed by atoms with van der Waals surface area (Å²) in [6, 6.07) is 16.2. The van der Waals surface area contributed by atoms with Crippen LogP contribution in [-0.2, 0) is 9.59 Å². The molecule has 0 radical (unpaired) electrons. The maximum absolute atomic E-state index is 14.5. The van der Waals surface area contributed by atoms with E-state index in [4.69, 9.17) is 9.47 Å². The van der Waals surface area contributed by atoms with Gasteiger partial charge in [-0.1, -0.05) is 24.3 Å². The van der Waals surface area contributed by atoms with Crippen molar-refractivity contribution in [3.05, 3.63) is 89.6 Å². The molecule has 0 spiro atoms. The molecule has 0 bridgehead atoms. The molecule has 1 aliphatic heterocycles. The molecule has 1 N–H and O–H groups in total. The SMILES string of the molecule is CCOc1ccccc1NC1=C(c2ccc(OC)cc2)C(=O)N(c2ccc(F)cc2F)C1=O. The third-order valence-corrected chi connectivity index (χ3v) is 5.06. The molecule has 0 aromatic heterocycles. The summed E-state index contributed by atoms with van der Waals surface area (Å²) in [6.07, 6.45) is 0. The van der Waals surface area contributed by atoms with Crippen LogP contribution in [0.4, 0.5) is 20.2 Å². The van der Waals surface area contributed by atoms with Gasteiger partial charge >= 0.3 is 0 Å². The topological polar surface area (TPSA) is 67.9 Å². The molecule has 6 nitrogen and oxygen atoms in total. The molecule has 8 heteroatoms. The van der Waals surface area contributed by atoms with Gasteiger partial charge < -0.3 is 14.8 Å². The molecule has 1 aliphatic rings. The highest BCUT2D eigenvalue weighted by molar-refractivity contribution is 6.46. The molecule has 1 heterocycles. The number of para-hydroxylation sites is 2. The molecule has 3 aromatic carbocycles. The van der Waals surface area contributed by atoms with Crippen molar-refractivity contribution in [2.75, 3.05) is 23.9 Å². The van der Waals surface area contributed by atoms with Crippen molar-refractivity contribution in [1.82, 2.24) is 0 Å². The van der Waals surface area contributed by atoms with E-state index in [-0.39, 0.29) is 17.0 Å². The van der Waals surface area contributed by atoms with E-state index in [9.17, 15) is 18.4 Å². The Morgan fingerprint density at radius 2 is 1.67 bits per heavy atom. The van der Waals surface area contributed by atoms with E-state index in [1.165, 1.54) is 7.11 Å². The second-order valence-corrected chi connectivity index (χ2v) is 7.07. The fourth-order valence-electron chi connectivity index (χ4n) is 3.54. The summed E-state index contributed by atoms with van der Waals surface area (Å²) in [5.74, 6) is -2.32. The smallest absolute Gasteiger partial charge is 0.282 e. The first-order valence-electron chi connectivity index (χ1n) is 10.2. The van der Waals surface area contributed by atoms with Gasteiger partial charge in [0.25, 0.3) is 11.8 Å². The number of benzene rings is 3. The number of hydrogen-bond acceptors (Lipinski definition) is 5. The normalized spacial score (nSPS) is 13.5. The Balaban J connectivity index is 1.84. The van der Waals surface area contributed by atoms with Gasteiger partial charge in [0, 0.05) is 6.07 Å². The van der Waals surface area contributed by atoms with Crippen LogP contribution in [0.1, 0.15) is 12.5 Å². The predicted molar refractivity (Wildman–Crippen MR) is 120 cm³/mol. The number of halogens is 2. The fourth-order valence-corrected chi connectivity index (χ4v) is 3.54. The number of anilines is 2. The van der Waals surface area contributed by atoms with Gasteiger partial charge in [0.1, 0.15) is 28.8 Å². The summed E-state index contributed by atoms with van der Waals surface area (Å²) in [6.45, 7) is 2.21. The van der Waals surface area contributed by atoms with Gasteiger partial charge in [0.15, 0.2) is 0 Å². The van der Waals surface area contributed by atoms with E-state index in [0.29, 0.717) is 40.3 Å². The Hall–Kier alpha value is -4.20. The van der Waals surface area contributed by atoms with E-state index in [1.807, 2.05) is 6.92 Å². The van der Waals surface area contributed by atoms with Crippen LogP contribution in [0.15, 0.2) is 72.4 Å². The van der Waals surface area contributed by atoms with Crippen molar-refractivity contribution in [2.45, 2.75) is 6.92 Å². The molecule has 2 amide bonds. The monoisotopic (exact) mass is 450 g/mol. The van der Waals surface area contributed by atoms with Gasteiger partial charge in [-0.15, -0.1) is 0 Å². The Morgan fingerprint density at radius 3 is 2.33 bits per heavy atom. The lowest BCUT2D eigenvalue weighted by atomic mass is 10.0. The molecule has 168 valence electrons. The molecule has 4 rings (SSSR count). The van der Waals surface area contributed by atoms with E-state index >= 15 is 0 Å². The van der Waals surface area contributed by atoms with Gasteiger partial charge in [-0.05, 0) is 48.9 Å². The van der Waals surface area contributed by atoms with Crippen LogP contribution in [0.5, 0.6) is 11.5 Å². The van der Waals surface area contributed by atoms with E-state index in [1.54, 1.807) is 48.5 Å². The fraction of sp³-hybridized carbons (Fsp3) is 0.120. The molecule has 0 saturated carbocycles. The van der Waals surface area contributed by atoms with E-state index < -0.39 is 23.4 Å². The van der Waals surface area contributed by atoms with Crippen molar-refractivity contribution < 1.29 is 27.8 Å². The molecular weight excluding hydrogens is 430 g/mol. The Labute approximate surface area is 189 Å². The molecule has 0 fully saturated rings. The number of rotatable bonds is 7. The Kier molecular flexibility index (Phi) is 6.08. The van der Waals surface area contributed by atoms with Crippen molar-refractivity contribution in [1.29, 1.82) is 0 Å². The molecule has 0 atom stereocenters. The molecule has 33 heavy (non-hydrogen) atoms. The average molecular weight is 450 g/mol. The summed E-state index contributed by atoms with van der Waals surface area (Å²) in [7, 11) is 1.51. The van der Waals surface area contributed by atoms with Crippen LogP contribution in [0.2, 0.25) is 0 Å². The number of hydrogen-bond donors (Lipinski definition) is 1. The largest absolute Gasteiger partial charge is 0.497 e. The van der Waals surface area contributed by atoms with Crippen molar-refractivity contribution in [3.63, 3.8) is 0 Å². The number of ether oxygens (including phenoxy) is 2. The van der Waals surface area contributed by atoms with Crippen LogP contribution < -0.4 is 19.7 Å². The first-order chi connectivity index (χ1) is 15.9. The zero-order valence-corrected chi connectivity index (χ0v) is 17.9. The predicted octanol–water partition coefficient (Wildman–Crippen LogP) is 4.77. The lowest BCUT2D eigenvalue weighted by Crippen LogP contribution is -2.33. The van der Waals surface area contributed by atoms with Crippen molar-refractivity contribution in [2.24, 2.45) is 0 Å². The standard InChI is InChI=1S/C25H20F2N2O4/c1-3-33-21-7-5-4-6-19(21)28-23-22(15-8-11-17(32-2)12-9-15)24(30)29(25(23)31)20-13-10-16(26)14-18(20)27/h4-14,28H,3H2,1-2H3. The highest BCUT2D eigenvalue weighted by Gasteiger charge is 2.41. The Bertz CT molecular complexity index is 1260. The molecule has 0 unspecified atom stereocenters. The molecular formula is C25H20F2N2O4. The number of amides is 2. The number of carbonyl (C=O) groups is 2. The van der Waals surface area contributed by atoms with Gasteiger partial charge in [-0.25, -0.2) is 13.7 Å². The average Bonchev–Trinajstić information content (AvgIpc) is 3.05. The van der Waals surface area contributed by atoms with Crippen LogP contribution in [0.3, 0.4) is 0 Å². The minimum atomic E-state index is -1.03. The summed E-state index contributed by atoms with van der Waals surface area (Å²) < 4.78 is 38.8. The maximum atomic E-state index is 14.5. The Morgan fingerprint density at radius 1 is 0.939 bits per heavy atom. The number of methoxy groups -OCH3 is 1. The van der Waals surface area contributed by atoms with E-state index in [2.05, 4.69) is 5.32 Å². The zero-order chi connectivity index (χ0) is 23.5. The second-order valence-electron chi connectivity index (χ2n) is 7.07. The molecule has 0 aliphatic carbocycles. The first kappa shape index (κ1) is 22.0. The maximum Gasteiger partial charge on any atom is 0.282 e.